The Bertz CT molecular complexity index is 795. The van der Waals surface area contributed by atoms with Crippen LogP contribution >= 0.6 is 0 Å². The lowest BCUT2D eigenvalue weighted by Crippen LogP contribution is -2.35. The van der Waals surface area contributed by atoms with Crippen LogP contribution < -0.4 is 20.7 Å². The Hall–Kier alpha value is -3.46. The number of anilines is 1. The van der Waals surface area contributed by atoms with E-state index in [1.165, 1.54) is 6.92 Å². The van der Waals surface area contributed by atoms with Crippen molar-refractivity contribution < 1.29 is 14.3 Å². The second-order valence-corrected chi connectivity index (χ2v) is 5.37. The maximum atomic E-state index is 11.6. The molecule has 6 heteroatoms. The molecule has 0 atom stereocenters. The Labute approximate surface area is 152 Å². The summed E-state index contributed by atoms with van der Waals surface area (Å²) >= 11 is 0. The van der Waals surface area contributed by atoms with Crippen molar-refractivity contribution in [1.29, 1.82) is 0 Å². The van der Waals surface area contributed by atoms with Crippen LogP contribution in [0, 0.1) is 11.8 Å². The fourth-order valence-corrected chi connectivity index (χ4v) is 2.07. The normalized spacial score (nSPS) is 9.42. The quantitative estimate of drug-likeness (QED) is 0.700. The standard InChI is InChI=1S/C20H21N3O3/c1-16(24)23-18-10-7-11-19(14-18)26-13-6-5-12-21-20(25)22-15-17-8-3-2-4-9-17/h2-4,7-11,14H,12-13,15H2,1H3,(H,23,24)(H2,21,22,25). The molecule has 134 valence electrons. The Morgan fingerprint density at radius 2 is 1.81 bits per heavy atom. The molecule has 0 saturated carbocycles. The van der Waals surface area contributed by atoms with E-state index in [0.717, 1.165) is 5.56 Å². The third kappa shape index (κ3) is 7.41. The Kier molecular flexibility index (Phi) is 7.56. The summed E-state index contributed by atoms with van der Waals surface area (Å²) < 4.78 is 5.49. The Balaban J connectivity index is 1.64. The highest BCUT2D eigenvalue weighted by molar-refractivity contribution is 5.88. The zero-order valence-electron chi connectivity index (χ0n) is 14.5. The fourth-order valence-electron chi connectivity index (χ4n) is 2.07. The van der Waals surface area contributed by atoms with Crippen LogP contribution in [0.5, 0.6) is 5.75 Å². The van der Waals surface area contributed by atoms with Gasteiger partial charge < -0.3 is 20.7 Å². The SMILES string of the molecule is CC(=O)Nc1cccc(OCC#CCNC(=O)NCc2ccccc2)c1. The van der Waals surface area contributed by atoms with Gasteiger partial charge in [-0.2, -0.15) is 0 Å². The zero-order chi connectivity index (χ0) is 18.6. The zero-order valence-corrected chi connectivity index (χ0v) is 14.5. The maximum Gasteiger partial charge on any atom is 0.315 e. The molecule has 3 N–H and O–H groups in total. The molecule has 26 heavy (non-hydrogen) atoms. The van der Waals surface area contributed by atoms with Crippen molar-refractivity contribution in [2.45, 2.75) is 13.5 Å². The maximum absolute atomic E-state index is 11.6. The van der Waals surface area contributed by atoms with Gasteiger partial charge in [0.15, 0.2) is 0 Å². The number of rotatable bonds is 6. The van der Waals surface area contributed by atoms with Gasteiger partial charge in [-0.15, -0.1) is 0 Å². The van der Waals surface area contributed by atoms with Gasteiger partial charge in [-0.3, -0.25) is 4.79 Å². The number of nitrogens with one attached hydrogen (secondary N) is 3. The van der Waals surface area contributed by atoms with E-state index in [2.05, 4.69) is 27.8 Å². The minimum atomic E-state index is -0.271. The summed E-state index contributed by atoms with van der Waals surface area (Å²) in [7, 11) is 0. The molecule has 2 aromatic carbocycles. The highest BCUT2D eigenvalue weighted by atomic mass is 16.5. The third-order valence-electron chi connectivity index (χ3n) is 3.22. The number of urea groups is 1. The van der Waals surface area contributed by atoms with E-state index in [1.54, 1.807) is 24.3 Å². The van der Waals surface area contributed by atoms with Gasteiger partial charge in [0.25, 0.3) is 0 Å². The first-order chi connectivity index (χ1) is 12.6. The Morgan fingerprint density at radius 3 is 2.58 bits per heavy atom. The van der Waals surface area contributed by atoms with E-state index in [-0.39, 0.29) is 25.1 Å². The lowest BCUT2D eigenvalue weighted by Gasteiger charge is -2.06. The first-order valence-corrected chi connectivity index (χ1v) is 8.15. The van der Waals surface area contributed by atoms with E-state index in [0.29, 0.717) is 18.0 Å². The number of benzene rings is 2. The van der Waals surface area contributed by atoms with Crippen molar-refractivity contribution in [3.05, 3.63) is 60.2 Å². The smallest absolute Gasteiger partial charge is 0.315 e. The molecule has 0 spiro atoms. The van der Waals surface area contributed by atoms with Gasteiger partial charge in [0, 0.05) is 25.2 Å². The summed E-state index contributed by atoms with van der Waals surface area (Å²) in [5.41, 5.74) is 1.70. The predicted octanol–water partition coefficient (Wildman–Crippen LogP) is 2.53. The van der Waals surface area contributed by atoms with Crippen LogP contribution in [-0.2, 0) is 11.3 Å². The lowest BCUT2D eigenvalue weighted by molar-refractivity contribution is -0.114. The minimum Gasteiger partial charge on any atom is -0.481 e. The number of ether oxygens (including phenoxy) is 1. The van der Waals surface area contributed by atoms with Gasteiger partial charge in [0.05, 0.1) is 6.54 Å². The summed E-state index contributed by atoms with van der Waals surface area (Å²) in [4.78, 5) is 22.7. The number of carbonyl (C=O) groups is 2. The molecular weight excluding hydrogens is 330 g/mol. The van der Waals surface area contributed by atoms with Crippen LogP contribution in [0.15, 0.2) is 54.6 Å². The monoisotopic (exact) mass is 351 g/mol. The Morgan fingerprint density at radius 1 is 1.00 bits per heavy atom. The number of amides is 3. The minimum absolute atomic E-state index is 0.140. The average Bonchev–Trinajstić information content (AvgIpc) is 2.63. The van der Waals surface area contributed by atoms with Gasteiger partial charge in [-0.1, -0.05) is 48.2 Å². The molecule has 6 nitrogen and oxygen atoms in total. The molecule has 2 aromatic rings. The molecule has 0 bridgehead atoms. The van der Waals surface area contributed by atoms with Crippen LogP contribution in [0.1, 0.15) is 12.5 Å². The lowest BCUT2D eigenvalue weighted by atomic mass is 10.2. The van der Waals surface area contributed by atoms with E-state index >= 15 is 0 Å². The second kappa shape index (κ2) is 10.4. The number of hydrogen-bond acceptors (Lipinski definition) is 3. The van der Waals surface area contributed by atoms with Gasteiger partial charge in [0.1, 0.15) is 12.4 Å². The van der Waals surface area contributed by atoms with E-state index in [1.807, 2.05) is 30.3 Å². The van der Waals surface area contributed by atoms with Crippen molar-refractivity contribution in [3.8, 4) is 17.6 Å². The molecule has 3 amide bonds. The van der Waals surface area contributed by atoms with Crippen molar-refractivity contribution in [3.63, 3.8) is 0 Å². The van der Waals surface area contributed by atoms with Crippen LogP contribution in [0.3, 0.4) is 0 Å². The molecule has 0 aromatic heterocycles. The number of carbonyl (C=O) groups excluding carboxylic acids is 2. The predicted molar refractivity (Wildman–Crippen MR) is 101 cm³/mol. The first kappa shape index (κ1) is 18.9. The molecule has 0 aliphatic heterocycles. The topological polar surface area (TPSA) is 79.5 Å². The van der Waals surface area contributed by atoms with Gasteiger partial charge in [-0.05, 0) is 17.7 Å². The second-order valence-electron chi connectivity index (χ2n) is 5.37. The molecule has 0 radical (unpaired) electrons. The highest BCUT2D eigenvalue weighted by Gasteiger charge is 1.99. The summed E-state index contributed by atoms with van der Waals surface area (Å²) in [5, 5.41) is 8.09. The van der Waals surface area contributed by atoms with Gasteiger partial charge in [0.2, 0.25) is 5.91 Å². The van der Waals surface area contributed by atoms with Crippen molar-refractivity contribution in [1.82, 2.24) is 10.6 Å². The molecular formula is C20H21N3O3. The molecule has 0 heterocycles. The average molecular weight is 351 g/mol. The molecule has 0 saturated heterocycles. The fraction of sp³-hybridized carbons (Fsp3) is 0.200. The van der Waals surface area contributed by atoms with Crippen molar-refractivity contribution >= 4 is 17.6 Å². The van der Waals surface area contributed by atoms with Crippen LogP contribution in [0.4, 0.5) is 10.5 Å². The van der Waals surface area contributed by atoms with Crippen LogP contribution in [0.25, 0.3) is 0 Å². The molecule has 0 aliphatic rings. The summed E-state index contributed by atoms with van der Waals surface area (Å²) in [5.74, 6) is 6.11. The van der Waals surface area contributed by atoms with E-state index in [9.17, 15) is 9.59 Å². The molecule has 0 fully saturated rings. The van der Waals surface area contributed by atoms with Gasteiger partial charge >= 0.3 is 6.03 Å². The number of hydrogen-bond donors (Lipinski definition) is 3. The summed E-state index contributed by atoms with van der Waals surface area (Å²) in [6.45, 7) is 2.34. The molecule has 0 unspecified atom stereocenters. The highest BCUT2D eigenvalue weighted by Crippen LogP contribution is 2.16. The third-order valence-corrected chi connectivity index (χ3v) is 3.22. The first-order valence-electron chi connectivity index (χ1n) is 8.15. The largest absolute Gasteiger partial charge is 0.481 e. The van der Waals surface area contributed by atoms with Crippen molar-refractivity contribution in [2.75, 3.05) is 18.5 Å². The van der Waals surface area contributed by atoms with Crippen LogP contribution in [-0.4, -0.2) is 25.1 Å². The summed E-state index contributed by atoms with van der Waals surface area (Å²) in [6, 6.07) is 16.4. The van der Waals surface area contributed by atoms with Gasteiger partial charge in [-0.25, -0.2) is 4.79 Å². The molecule has 2 rings (SSSR count). The van der Waals surface area contributed by atoms with Crippen molar-refractivity contribution in [2.24, 2.45) is 0 Å². The molecule has 0 aliphatic carbocycles. The van der Waals surface area contributed by atoms with E-state index < -0.39 is 0 Å². The van der Waals surface area contributed by atoms with Crippen LogP contribution in [0.2, 0.25) is 0 Å². The van der Waals surface area contributed by atoms with E-state index in [4.69, 9.17) is 4.74 Å². The summed E-state index contributed by atoms with van der Waals surface area (Å²) in [6.07, 6.45) is 0.